The van der Waals surface area contributed by atoms with E-state index in [1.807, 2.05) is 17.8 Å². The molecule has 3 fully saturated rings. The Morgan fingerprint density at radius 1 is 1.00 bits per heavy atom. The Hall–Kier alpha value is -5.14. The van der Waals surface area contributed by atoms with Crippen LogP contribution in [0.5, 0.6) is 0 Å². The van der Waals surface area contributed by atoms with Crippen molar-refractivity contribution in [2.75, 3.05) is 31.5 Å². The Labute approximate surface area is 356 Å². The van der Waals surface area contributed by atoms with Crippen molar-refractivity contribution in [3.05, 3.63) is 44.5 Å². The second kappa shape index (κ2) is 19.5. The number of aryl methyl sites for hydroxylation is 1. The fourth-order valence-corrected chi connectivity index (χ4v) is 9.38. The molecule has 6 amide bonds. The standard InChI is InChI=1S/C40H52ClN11O7S/c1-50-31(15-23-5-6-23)28(18-46-50)35-29(41)19-45-39(49-35)47-25-7-9-26(10-8-25)51(40(58)59)22-34(55)43-14-4-2-3-13-42-20-33(54)44-17-27-16-24-21-52(38(57)36(24)60-27)30-11-12-32(53)48-37(30)56/h16,18-19,23,25-26,30,42H,2-15,17,20-22H2,1H3,(H,43,55)(H,44,54)(H,58,59)(H,45,47,49)(H,48,53,56). The Morgan fingerprint density at radius 3 is 2.52 bits per heavy atom. The number of piperidine rings is 1. The van der Waals surface area contributed by atoms with Crippen molar-refractivity contribution >= 4 is 64.5 Å². The van der Waals surface area contributed by atoms with E-state index in [9.17, 15) is 33.9 Å². The van der Waals surface area contributed by atoms with E-state index in [0.29, 0.717) is 85.6 Å². The van der Waals surface area contributed by atoms with Crippen LogP contribution in [0.15, 0.2) is 18.5 Å². The van der Waals surface area contributed by atoms with Crippen molar-refractivity contribution in [1.82, 2.24) is 50.8 Å². The van der Waals surface area contributed by atoms with Gasteiger partial charge in [-0.3, -0.25) is 38.9 Å². The van der Waals surface area contributed by atoms with Gasteiger partial charge in [-0.25, -0.2) is 14.8 Å². The topological polar surface area (TPSA) is 233 Å². The molecule has 0 bridgehead atoms. The molecule has 322 valence electrons. The molecule has 3 aromatic rings. The highest BCUT2D eigenvalue weighted by molar-refractivity contribution is 7.14. The van der Waals surface area contributed by atoms with Crippen LogP contribution in [-0.2, 0) is 45.7 Å². The first-order valence-corrected chi connectivity index (χ1v) is 21.9. The summed E-state index contributed by atoms with van der Waals surface area (Å²) in [6.07, 6.45) is 11.1. The Bertz CT molecular complexity index is 2100. The number of anilines is 1. The Balaban J connectivity index is 0.742. The number of thiophene rings is 1. The molecule has 6 N–H and O–H groups in total. The maximum atomic E-state index is 12.9. The van der Waals surface area contributed by atoms with Gasteiger partial charge in [-0.1, -0.05) is 18.0 Å². The average molecular weight is 866 g/mol. The molecule has 0 spiro atoms. The molecule has 3 aromatic heterocycles. The van der Waals surface area contributed by atoms with Crippen LogP contribution in [0.4, 0.5) is 10.7 Å². The number of carboxylic acid groups (broad SMARTS) is 1. The number of fused-ring (bicyclic) bond motifs is 1. The lowest BCUT2D eigenvalue weighted by molar-refractivity contribution is -0.137. The summed E-state index contributed by atoms with van der Waals surface area (Å²) < 4.78 is 1.89. The maximum absolute atomic E-state index is 12.9. The van der Waals surface area contributed by atoms with Crippen molar-refractivity contribution in [3.63, 3.8) is 0 Å². The van der Waals surface area contributed by atoms with Crippen LogP contribution >= 0.6 is 22.9 Å². The number of carbonyl (C=O) groups excluding carboxylic acids is 5. The van der Waals surface area contributed by atoms with Crippen LogP contribution in [0.1, 0.15) is 96.4 Å². The SMILES string of the molecule is Cn1ncc(-c2nc(NC3CCC(N(CC(=O)NCCCCCNCC(=O)NCc4cc5c(s4)C(=O)N(C4CCC(=O)NC4=O)C5)C(=O)O)CC3)ncc2Cl)c1CC1CC1. The highest BCUT2D eigenvalue weighted by atomic mass is 35.5. The fourth-order valence-electron chi connectivity index (χ4n) is 8.12. The van der Waals surface area contributed by atoms with Crippen LogP contribution in [0.3, 0.4) is 0 Å². The smallest absolute Gasteiger partial charge is 0.408 e. The molecular formula is C40H52ClN11O7S. The highest BCUT2D eigenvalue weighted by Crippen LogP contribution is 2.37. The van der Waals surface area contributed by atoms with Crippen molar-refractivity contribution in [2.24, 2.45) is 13.0 Å². The minimum absolute atomic E-state index is 0.0481. The minimum Gasteiger partial charge on any atom is -0.465 e. The molecule has 0 aromatic carbocycles. The molecule has 2 saturated carbocycles. The van der Waals surface area contributed by atoms with Crippen LogP contribution in [0.2, 0.25) is 5.02 Å². The van der Waals surface area contributed by atoms with Gasteiger partial charge in [0.2, 0.25) is 29.6 Å². The first-order chi connectivity index (χ1) is 28.9. The van der Waals surface area contributed by atoms with Gasteiger partial charge in [0.1, 0.15) is 12.6 Å². The molecule has 60 heavy (non-hydrogen) atoms. The van der Waals surface area contributed by atoms with Gasteiger partial charge in [0, 0.05) is 54.8 Å². The summed E-state index contributed by atoms with van der Waals surface area (Å²) in [6, 6.07) is 1.000. The number of hydrogen-bond acceptors (Lipinski definition) is 12. The predicted octanol–water partition coefficient (Wildman–Crippen LogP) is 3.20. The molecule has 2 aliphatic carbocycles. The Kier molecular flexibility index (Phi) is 14.0. The van der Waals surface area contributed by atoms with Crippen LogP contribution in [0, 0.1) is 5.92 Å². The molecule has 2 aliphatic heterocycles. The summed E-state index contributed by atoms with van der Waals surface area (Å²) in [7, 11) is 1.93. The van der Waals surface area contributed by atoms with E-state index in [2.05, 4.69) is 36.7 Å². The summed E-state index contributed by atoms with van der Waals surface area (Å²) in [5.41, 5.74) is 3.48. The quantitative estimate of drug-likeness (QED) is 0.0754. The van der Waals surface area contributed by atoms with Crippen molar-refractivity contribution in [2.45, 2.75) is 108 Å². The van der Waals surface area contributed by atoms with Gasteiger partial charge in [-0.15, -0.1) is 11.3 Å². The predicted molar refractivity (Wildman–Crippen MR) is 222 cm³/mol. The number of hydrogen-bond donors (Lipinski definition) is 6. The third-order valence-electron chi connectivity index (χ3n) is 11.6. The number of imide groups is 1. The molecule has 5 heterocycles. The van der Waals surface area contributed by atoms with E-state index in [-0.39, 0.29) is 61.8 Å². The van der Waals surface area contributed by atoms with Crippen molar-refractivity contribution in [3.8, 4) is 11.3 Å². The lowest BCUT2D eigenvalue weighted by Gasteiger charge is -2.35. The van der Waals surface area contributed by atoms with Crippen molar-refractivity contribution < 1.29 is 33.9 Å². The zero-order valence-corrected chi connectivity index (χ0v) is 35.2. The molecule has 7 rings (SSSR count). The molecule has 1 unspecified atom stereocenters. The van der Waals surface area contributed by atoms with E-state index in [4.69, 9.17) is 16.6 Å². The molecular weight excluding hydrogens is 814 g/mol. The molecule has 18 nitrogen and oxygen atoms in total. The second-order valence-electron chi connectivity index (χ2n) is 16.1. The molecule has 1 saturated heterocycles. The monoisotopic (exact) mass is 865 g/mol. The first kappa shape index (κ1) is 43.0. The normalized spacial score (nSPS) is 20.1. The molecule has 1 atom stereocenters. The van der Waals surface area contributed by atoms with Crippen molar-refractivity contribution in [1.29, 1.82) is 0 Å². The number of nitrogens with one attached hydrogen (secondary N) is 5. The lowest BCUT2D eigenvalue weighted by atomic mass is 9.90. The number of unbranched alkanes of at least 4 members (excludes halogenated alkanes) is 2. The lowest BCUT2D eigenvalue weighted by Crippen LogP contribution is -2.52. The highest BCUT2D eigenvalue weighted by Gasteiger charge is 2.40. The van der Waals surface area contributed by atoms with Gasteiger partial charge in [-0.05, 0) is 88.3 Å². The first-order valence-electron chi connectivity index (χ1n) is 20.7. The van der Waals surface area contributed by atoms with Gasteiger partial charge < -0.3 is 31.3 Å². The van der Waals surface area contributed by atoms with E-state index >= 15 is 0 Å². The third-order valence-corrected chi connectivity index (χ3v) is 13.1. The van der Waals surface area contributed by atoms with E-state index in [1.165, 1.54) is 34.0 Å². The molecule has 4 aliphatic rings. The number of amides is 6. The van der Waals surface area contributed by atoms with E-state index < -0.39 is 18.0 Å². The Morgan fingerprint density at radius 2 is 1.78 bits per heavy atom. The molecule has 0 radical (unpaired) electrons. The number of halogens is 1. The number of rotatable bonds is 19. The largest absolute Gasteiger partial charge is 0.465 e. The minimum atomic E-state index is -1.12. The van der Waals surface area contributed by atoms with Gasteiger partial charge in [0.15, 0.2) is 0 Å². The number of carbonyl (C=O) groups is 6. The van der Waals surface area contributed by atoms with Crippen LogP contribution in [-0.4, -0.2) is 115 Å². The zero-order valence-electron chi connectivity index (χ0n) is 33.6. The van der Waals surface area contributed by atoms with Crippen LogP contribution in [0.25, 0.3) is 11.3 Å². The number of nitrogens with zero attached hydrogens (tertiary/aromatic N) is 6. The van der Waals surface area contributed by atoms with Gasteiger partial charge in [0.25, 0.3) is 5.91 Å². The summed E-state index contributed by atoms with van der Waals surface area (Å²) in [5.74, 6) is -0.370. The second-order valence-corrected chi connectivity index (χ2v) is 17.6. The van der Waals surface area contributed by atoms with Gasteiger partial charge in [-0.2, -0.15) is 5.10 Å². The summed E-state index contributed by atoms with van der Waals surface area (Å²) >= 11 is 7.85. The number of aromatic nitrogens is 4. The van der Waals surface area contributed by atoms with Gasteiger partial charge in [0.05, 0.1) is 41.1 Å². The van der Waals surface area contributed by atoms with Crippen LogP contribution < -0.4 is 26.6 Å². The average Bonchev–Trinajstić information content (AvgIpc) is 3.74. The summed E-state index contributed by atoms with van der Waals surface area (Å²) in [6.45, 7) is 1.54. The fraction of sp³-hybridized carbons (Fsp3) is 0.575. The molecule has 20 heteroatoms. The zero-order chi connectivity index (χ0) is 42.3. The van der Waals surface area contributed by atoms with E-state index in [0.717, 1.165) is 41.0 Å². The summed E-state index contributed by atoms with van der Waals surface area (Å²) in [5, 5.41) is 29.4. The van der Waals surface area contributed by atoms with Gasteiger partial charge >= 0.3 is 6.09 Å². The van der Waals surface area contributed by atoms with E-state index in [1.54, 1.807) is 12.4 Å². The maximum Gasteiger partial charge on any atom is 0.408 e. The third kappa shape index (κ3) is 10.8. The summed E-state index contributed by atoms with van der Waals surface area (Å²) in [4.78, 5) is 87.3.